The molecule has 1 fully saturated rings. The second-order valence-electron chi connectivity index (χ2n) is 10.6. The Morgan fingerprint density at radius 1 is 1.08 bits per heavy atom. The number of nitrogens with one attached hydrogen (secondary N) is 1. The molecule has 7 nitrogen and oxygen atoms in total. The maximum atomic E-state index is 13.5. The second-order valence-corrected chi connectivity index (χ2v) is 10.6. The van der Waals surface area contributed by atoms with Crippen molar-refractivity contribution in [3.8, 4) is 0 Å². The van der Waals surface area contributed by atoms with Crippen LogP contribution in [0.1, 0.15) is 70.5 Å². The third kappa shape index (κ3) is 6.94. The van der Waals surface area contributed by atoms with Crippen LogP contribution in [0.2, 0.25) is 0 Å². The maximum Gasteiger partial charge on any atom is 0.409 e. The number of carbonyl (C=O) groups excluding carboxylic acids is 2. The summed E-state index contributed by atoms with van der Waals surface area (Å²) in [7, 11) is 0. The van der Waals surface area contributed by atoms with Crippen molar-refractivity contribution in [2.75, 3.05) is 6.54 Å². The number of likely N-dealkylation sites (tertiary alicyclic amines) is 1. The fourth-order valence-corrected chi connectivity index (χ4v) is 5.10. The predicted octanol–water partition coefficient (Wildman–Crippen LogP) is 5.23. The fraction of sp³-hybridized carbons (Fsp3) is 0.483. The molecule has 0 saturated carbocycles. The number of benzene rings is 2. The zero-order chi connectivity index (χ0) is 26.3. The third-order valence-corrected chi connectivity index (χ3v) is 6.90. The van der Waals surface area contributed by atoms with Crippen LogP contribution in [0.5, 0.6) is 0 Å². The molecule has 1 saturated heterocycles. The zero-order valence-corrected chi connectivity index (χ0v) is 21.8. The van der Waals surface area contributed by atoms with Crippen molar-refractivity contribution in [1.29, 1.82) is 0 Å². The average molecular weight is 494 g/mol. The van der Waals surface area contributed by atoms with Gasteiger partial charge in [0.05, 0.1) is 12.2 Å². The second kappa shape index (κ2) is 12.2. The molecule has 2 aromatic rings. The van der Waals surface area contributed by atoms with Gasteiger partial charge in [0.25, 0.3) is 5.91 Å². The van der Waals surface area contributed by atoms with Crippen molar-refractivity contribution < 1.29 is 19.5 Å². The summed E-state index contributed by atoms with van der Waals surface area (Å²) in [4.78, 5) is 42.7. The number of hydrogen-bond donors (Lipinski definition) is 2. The molecule has 0 aromatic heterocycles. The first-order chi connectivity index (χ1) is 17.1. The lowest BCUT2D eigenvalue weighted by molar-refractivity contribution is -0.142. The minimum atomic E-state index is -1.17. The van der Waals surface area contributed by atoms with Gasteiger partial charge in [0.2, 0.25) is 5.78 Å². The van der Waals surface area contributed by atoms with Crippen LogP contribution in [0, 0.1) is 5.41 Å². The summed E-state index contributed by atoms with van der Waals surface area (Å²) in [5.41, 5.74) is 1.83. The van der Waals surface area contributed by atoms with E-state index in [0.717, 1.165) is 17.5 Å². The standard InChI is InChI=1S/C29H39N3O4/c1-5-6-17-24(26(33)27(34)30-21(2)23-15-11-8-12-16-23)32(28(35)36)25-18-29(3,4)20-31(25)19-22-13-9-7-10-14-22/h7-16,21,24-25H,5-6,17-20H2,1-4H3,(H,30,34)(H,35,36)/t21-,24?,25?/m1/s1. The lowest BCUT2D eigenvalue weighted by Gasteiger charge is -2.38. The molecule has 0 bridgehead atoms. The molecule has 3 atom stereocenters. The third-order valence-electron chi connectivity index (χ3n) is 6.90. The van der Waals surface area contributed by atoms with E-state index in [1.165, 1.54) is 4.90 Å². The Balaban J connectivity index is 1.87. The van der Waals surface area contributed by atoms with Gasteiger partial charge in [-0.1, -0.05) is 94.3 Å². The van der Waals surface area contributed by atoms with Crippen LogP contribution in [-0.2, 0) is 16.1 Å². The van der Waals surface area contributed by atoms with Gasteiger partial charge in [0, 0.05) is 13.1 Å². The van der Waals surface area contributed by atoms with E-state index >= 15 is 0 Å². The molecule has 2 aromatic carbocycles. The maximum absolute atomic E-state index is 13.5. The first kappa shape index (κ1) is 27.4. The van der Waals surface area contributed by atoms with Gasteiger partial charge in [0.1, 0.15) is 6.04 Å². The molecule has 2 unspecified atom stereocenters. The van der Waals surface area contributed by atoms with E-state index in [1.807, 2.05) is 74.5 Å². The van der Waals surface area contributed by atoms with E-state index in [9.17, 15) is 19.5 Å². The Hall–Kier alpha value is -3.19. The van der Waals surface area contributed by atoms with Crippen molar-refractivity contribution in [3.63, 3.8) is 0 Å². The molecular formula is C29H39N3O4. The van der Waals surface area contributed by atoms with E-state index in [2.05, 4.69) is 24.1 Å². The Morgan fingerprint density at radius 3 is 2.28 bits per heavy atom. The lowest BCUT2D eigenvalue weighted by atomic mass is 9.91. The van der Waals surface area contributed by atoms with Gasteiger partial charge in [-0.2, -0.15) is 0 Å². The van der Waals surface area contributed by atoms with Crippen LogP contribution in [0.15, 0.2) is 60.7 Å². The summed E-state index contributed by atoms with van der Waals surface area (Å²) in [5.74, 6) is -1.44. The Bertz CT molecular complexity index is 1030. The van der Waals surface area contributed by atoms with Crippen LogP contribution >= 0.6 is 0 Å². The quantitative estimate of drug-likeness (QED) is 0.419. The molecule has 1 aliphatic rings. The summed E-state index contributed by atoms with van der Waals surface area (Å²) in [6.45, 7) is 9.30. The number of amides is 2. The van der Waals surface area contributed by atoms with Gasteiger partial charge in [-0.3, -0.25) is 19.4 Å². The Kier molecular flexibility index (Phi) is 9.26. The summed E-state index contributed by atoms with van der Waals surface area (Å²) < 4.78 is 0. The number of rotatable bonds is 11. The highest BCUT2D eigenvalue weighted by atomic mass is 16.4. The number of carbonyl (C=O) groups is 3. The van der Waals surface area contributed by atoms with Gasteiger partial charge in [0.15, 0.2) is 0 Å². The van der Waals surface area contributed by atoms with E-state index in [4.69, 9.17) is 0 Å². The van der Waals surface area contributed by atoms with Gasteiger partial charge in [-0.05, 0) is 36.3 Å². The van der Waals surface area contributed by atoms with Crippen molar-refractivity contribution in [1.82, 2.24) is 15.1 Å². The summed E-state index contributed by atoms with van der Waals surface area (Å²) in [6.07, 6.45) is 0.672. The number of ketones is 1. The number of nitrogens with zero attached hydrogens (tertiary/aromatic N) is 2. The van der Waals surface area contributed by atoms with E-state index in [0.29, 0.717) is 32.4 Å². The molecule has 36 heavy (non-hydrogen) atoms. The predicted molar refractivity (Wildman–Crippen MR) is 140 cm³/mol. The summed E-state index contributed by atoms with van der Waals surface area (Å²) in [6, 6.07) is 17.9. The smallest absolute Gasteiger partial charge is 0.409 e. The summed E-state index contributed by atoms with van der Waals surface area (Å²) in [5, 5.41) is 13.1. The Labute approximate surface area is 214 Å². The van der Waals surface area contributed by atoms with Crippen LogP contribution in [-0.4, -0.2) is 51.4 Å². The molecule has 2 N–H and O–H groups in total. The minimum absolute atomic E-state index is 0.129. The van der Waals surface area contributed by atoms with Crippen LogP contribution in [0.25, 0.3) is 0 Å². The molecule has 1 aliphatic heterocycles. The Morgan fingerprint density at radius 2 is 1.69 bits per heavy atom. The van der Waals surface area contributed by atoms with Crippen LogP contribution in [0.3, 0.4) is 0 Å². The molecule has 0 aliphatic carbocycles. The SMILES string of the molecule is CCCCC(C(=O)C(=O)N[C@H](C)c1ccccc1)N(C(=O)O)C1CC(C)(C)CN1Cc1ccccc1. The van der Waals surface area contributed by atoms with Gasteiger partial charge < -0.3 is 10.4 Å². The fourth-order valence-electron chi connectivity index (χ4n) is 5.10. The van der Waals surface area contributed by atoms with E-state index in [-0.39, 0.29) is 11.5 Å². The molecular weight excluding hydrogens is 454 g/mol. The molecule has 0 radical (unpaired) electrons. The highest BCUT2D eigenvalue weighted by Gasteiger charge is 2.46. The molecule has 3 rings (SSSR count). The minimum Gasteiger partial charge on any atom is -0.465 e. The molecule has 2 amide bonds. The molecule has 194 valence electrons. The lowest BCUT2D eigenvalue weighted by Crippen LogP contribution is -2.57. The highest BCUT2D eigenvalue weighted by molar-refractivity contribution is 6.38. The number of hydrogen-bond acceptors (Lipinski definition) is 4. The van der Waals surface area contributed by atoms with Crippen molar-refractivity contribution in [2.45, 2.75) is 78.2 Å². The largest absolute Gasteiger partial charge is 0.465 e. The van der Waals surface area contributed by atoms with Crippen molar-refractivity contribution in [2.24, 2.45) is 5.41 Å². The number of Topliss-reactive ketones (excluding diaryl/α,β-unsaturated/α-hetero) is 1. The summed E-state index contributed by atoms with van der Waals surface area (Å²) >= 11 is 0. The van der Waals surface area contributed by atoms with Crippen LogP contribution in [0.4, 0.5) is 4.79 Å². The van der Waals surface area contributed by atoms with Gasteiger partial charge in [-0.15, -0.1) is 0 Å². The van der Waals surface area contributed by atoms with E-state index in [1.54, 1.807) is 0 Å². The normalized spacial score (nSPS) is 18.8. The van der Waals surface area contributed by atoms with Crippen molar-refractivity contribution in [3.05, 3.63) is 71.8 Å². The number of carboxylic acid groups (broad SMARTS) is 1. The molecule has 0 spiro atoms. The first-order valence-corrected chi connectivity index (χ1v) is 12.8. The van der Waals surface area contributed by atoms with Crippen molar-refractivity contribution >= 4 is 17.8 Å². The molecule has 1 heterocycles. The zero-order valence-electron chi connectivity index (χ0n) is 21.8. The monoisotopic (exact) mass is 493 g/mol. The average Bonchev–Trinajstić information content (AvgIpc) is 3.15. The molecule has 7 heteroatoms. The van der Waals surface area contributed by atoms with E-state index < -0.39 is 30.0 Å². The number of unbranched alkanes of at least 4 members (excludes halogenated alkanes) is 1. The highest BCUT2D eigenvalue weighted by Crippen LogP contribution is 2.38. The van der Waals surface area contributed by atoms with Crippen LogP contribution < -0.4 is 5.32 Å². The van der Waals surface area contributed by atoms with Gasteiger partial charge in [-0.25, -0.2) is 4.79 Å². The van der Waals surface area contributed by atoms with Gasteiger partial charge >= 0.3 is 6.09 Å². The topological polar surface area (TPSA) is 90.0 Å². The first-order valence-electron chi connectivity index (χ1n) is 12.8.